The van der Waals surface area contributed by atoms with E-state index in [1.165, 1.54) is 17.3 Å². The first kappa shape index (κ1) is 17.3. The van der Waals surface area contributed by atoms with Crippen molar-refractivity contribution in [2.45, 2.75) is 18.5 Å². The summed E-state index contributed by atoms with van der Waals surface area (Å²) in [7, 11) is 1.97. The molecular weight excluding hydrogens is 330 g/mol. The molecule has 2 aromatic carbocycles. The van der Waals surface area contributed by atoms with Crippen LogP contribution in [0.15, 0.2) is 66.0 Å². The lowest BCUT2D eigenvalue weighted by molar-refractivity contribution is -0.113. The molecule has 0 saturated heterocycles. The van der Waals surface area contributed by atoms with Crippen LogP contribution in [0.3, 0.4) is 0 Å². The van der Waals surface area contributed by atoms with Gasteiger partial charge in [0.05, 0.1) is 17.6 Å². The van der Waals surface area contributed by atoms with Crippen molar-refractivity contribution in [2.24, 2.45) is 7.05 Å². The van der Waals surface area contributed by atoms with Crippen LogP contribution >= 0.6 is 11.8 Å². The predicted molar refractivity (Wildman–Crippen MR) is 104 cm³/mol. The Labute approximate surface area is 152 Å². The Morgan fingerprint density at radius 2 is 1.84 bits per heavy atom. The second-order valence-corrected chi connectivity index (χ2v) is 6.68. The number of hydrogen-bond acceptors (Lipinski definition) is 3. The molecule has 0 unspecified atom stereocenters. The summed E-state index contributed by atoms with van der Waals surface area (Å²) >= 11 is 1.44. The molecule has 0 radical (unpaired) electrons. The first-order valence-electron chi connectivity index (χ1n) is 8.26. The van der Waals surface area contributed by atoms with Crippen LogP contribution in [0.4, 0.5) is 5.69 Å². The predicted octanol–water partition coefficient (Wildman–Crippen LogP) is 4.38. The van der Waals surface area contributed by atoms with Gasteiger partial charge in [-0.1, -0.05) is 61.2 Å². The summed E-state index contributed by atoms with van der Waals surface area (Å²) in [5, 5.41) is 3.75. The van der Waals surface area contributed by atoms with Crippen molar-refractivity contribution in [3.63, 3.8) is 0 Å². The Kier molecular flexibility index (Phi) is 5.56. The minimum Gasteiger partial charge on any atom is -0.325 e. The molecule has 0 bridgehead atoms. The minimum absolute atomic E-state index is 0.0292. The summed E-state index contributed by atoms with van der Waals surface area (Å²) in [6.07, 6.45) is 2.84. The molecule has 25 heavy (non-hydrogen) atoms. The Balaban J connectivity index is 1.60. The van der Waals surface area contributed by atoms with E-state index in [4.69, 9.17) is 0 Å². The zero-order valence-electron chi connectivity index (χ0n) is 14.4. The summed E-state index contributed by atoms with van der Waals surface area (Å²) in [4.78, 5) is 16.6. The van der Waals surface area contributed by atoms with E-state index in [9.17, 15) is 4.79 Å². The smallest absolute Gasteiger partial charge is 0.234 e. The van der Waals surface area contributed by atoms with Gasteiger partial charge in [0.15, 0.2) is 5.16 Å². The quantitative estimate of drug-likeness (QED) is 0.670. The van der Waals surface area contributed by atoms with Gasteiger partial charge in [0.2, 0.25) is 5.91 Å². The second-order valence-electron chi connectivity index (χ2n) is 5.74. The van der Waals surface area contributed by atoms with E-state index < -0.39 is 0 Å². The average molecular weight is 351 g/mol. The highest BCUT2D eigenvalue weighted by molar-refractivity contribution is 7.99. The second kappa shape index (κ2) is 8.03. The van der Waals surface area contributed by atoms with Gasteiger partial charge in [-0.2, -0.15) is 0 Å². The highest BCUT2D eigenvalue weighted by Gasteiger charge is 2.11. The number of nitrogens with zero attached hydrogens (tertiary/aromatic N) is 2. The molecule has 5 heteroatoms. The first-order chi connectivity index (χ1) is 12.2. The molecule has 0 fully saturated rings. The summed E-state index contributed by atoms with van der Waals surface area (Å²) in [6, 6.07) is 18.1. The van der Waals surface area contributed by atoms with Crippen LogP contribution in [-0.2, 0) is 18.3 Å². The van der Waals surface area contributed by atoms with Crippen LogP contribution in [0, 0.1) is 0 Å². The minimum atomic E-state index is -0.0292. The third-order valence-corrected chi connectivity index (χ3v) is 5.04. The number of nitrogens with one attached hydrogen (secondary N) is 1. The maximum absolute atomic E-state index is 12.2. The fourth-order valence-electron chi connectivity index (χ4n) is 2.55. The van der Waals surface area contributed by atoms with Crippen LogP contribution in [-0.4, -0.2) is 21.2 Å². The van der Waals surface area contributed by atoms with Crippen LogP contribution < -0.4 is 5.32 Å². The number of carbonyl (C=O) groups is 1. The van der Waals surface area contributed by atoms with Crippen molar-refractivity contribution in [3.8, 4) is 11.3 Å². The van der Waals surface area contributed by atoms with E-state index in [1.54, 1.807) is 0 Å². The molecule has 4 nitrogen and oxygen atoms in total. The van der Waals surface area contributed by atoms with E-state index >= 15 is 0 Å². The number of imidazole rings is 1. The topological polar surface area (TPSA) is 46.9 Å². The van der Waals surface area contributed by atoms with Gasteiger partial charge in [-0.05, 0) is 29.7 Å². The van der Waals surface area contributed by atoms with Crippen molar-refractivity contribution in [1.29, 1.82) is 0 Å². The molecule has 0 saturated carbocycles. The molecule has 1 aromatic heterocycles. The number of rotatable bonds is 6. The number of amides is 1. The van der Waals surface area contributed by atoms with Crippen molar-refractivity contribution in [3.05, 3.63) is 66.4 Å². The lowest BCUT2D eigenvalue weighted by atomic mass is 10.1. The van der Waals surface area contributed by atoms with Crippen LogP contribution in [0.25, 0.3) is 11.3 Å². The van der Waals surface area contributed by atoms with E-state index in [1.807, 2.05) is 60.3 Å². The fraction of sp³-hybridized carbons (Fsp3) is 0.200. The Hall–Kier alpha value is -2.53. The maximum atomic E-state index is 12.2. The standard InChI is InChI=1S/C20H21N3OS/c1-3-15-9-11-17(12-10-15)22-19(24)14-25-20-21-13-18(23(20)2)16-7-5-4-6-8-16/h4-13H,3,14H2,1-2H3,(H,22,24). The largest absolute Gasteiger partial charge is 0.325 e. The molecule has 1 heterocycles. The third-order valence-electron chi connectivity index (χ3n) is 3.99. The molecule has 3 rings (SSSR count). The maximum Gasteiger partial charge on any atom is 0.234 e. The molecule has 0 spiro atoms. The molecule has 0 atom stereocenters. The summed E-state index contributed by atoms with van der Waals surface area (Å²) in [5.74, 6) is 0.299. The van der Waals surface area contributed by atoms with Crippen molar-refractivity contribution in [2.75, 3.05) is 11.1 Å². The van der Waals surface area contributed by atoms with Gasteiger partial charge in [0.25, 0.3) is 0 Å². The van der Waals surface area contributed by atoms with Gasteiger partial charge in [-0.25, -0.2) is 4.98 Å². The number of aryl methyl sites for hydroxylation is 1. The van der Waals surface area contributed by atoms with Gasteiger partial charge >= 0.3 is 0 Å². The first-order valence-corrected chi connectivity index (χ1v) is 9.24. The lowest BCUT2D eigenvalue weighted by Crippen LogP contribution is -2.14. The molecule has 128 valence electrons. The SMILES string of the molecule is CCc1ccc(NC(=O)CSc2ncc(-c3ccccc3)n2C)cc1. The zero-order valence-corrected chi connectivity index (χ0v) is 15.2. The molecule has 0 aliphatic rings. The number of aromatic nitrogens is 2. The molecule has 0 aliphatic carbocycles. The summed E-state index contributed by atoms with van der Waals surface area (Å²) < 4.78 is 2.02. The van der Waals surface area contributed by atoms with E-state index in [0.29, 0.717) is 5.75 Å². The van der Waals surface area contributed by atoms with Crippen molar-refractivity contribution in [1.82, 2.24) is 9.55 Å². The van der Waals surface area contributed by atoms with Gasteiger partial charge in [0, 0.05) is 12.7 Å². The van der Waals surface area contributed by atoms with Gasteiger partial charge in [-0.3, -0.25) is 4.79 Å². The Bertz CT molecular complexity index is 841. The number of carbonyl (C=O) groups excluding carboxylic acids is 1. The van der Waals surface area contributed by atoms with E-state index in [0.717, 1.165) is 28.5 Å². The van der Waals surface area contributed by atoms with Crippen LogP contribution in [0.5, 0.6) is 0 Å². The zero-order chi connectivity index (χ0) is 17.6. The highest BCUT2D eigenvalue weighted by atomic mass is 32.2. The third kappa shape index (κ3) is 4.31. The monoisotopic (exact) mass is 351 g/mol. The number of anilines is 1. The van der Waals surface area contributed by atoms with Gasteiger partial charge in [-0.15, -0.1) is 0 Å². The van der Waals surface area contributed by atoms with E-state index in [-0.39, 0.29) is 5.91 Å². The number of hydrogen-bond donors (Lipinski definition) is 1. The van der Waals surface area contributed by atoms with Crippen LogP contribution in [0.2, 0.25) is 0 Å². The molecular formula is C20H21N3OS. The summed E-state index contributed by atoms with van der Waals surface area (Å²) in [6.45, 7) is 2.11. The van der Waals surface area contributed by atoms with Crippen molar-refractivity contribution < 1.29 is 4.79 Å². The number of benzene rings is 2. The van der Waals surface area contributed by atoms with Crippen LogP contribution in [0.1, 0.15) is 12.5 Å². The Morgan fingerprint density at radius 3 is 2.52 bits per heavy atom. The van der Waals surface area contributed by atoms with E-state index in [2.05, 4.69) is 29.4 Å². The average Bonchev–Trinajstić information content (AvgIpc) is 3.02. The van der Waals surface area contributed by atoms with Gasteiger partial charge in [0.1, 0.15) is 0 Å². The fourth-order valence-corrected chi connectivity index (χ4v) is 3.31. The normalized spacial score (nSPS) is 10.6. The summed E-state index contributed by atoms with van der Waals surface area (Å²) in [5.41, 5.74) is 4.24. The molecule has 1 N–H and O–H groups in total. The molecule has 3 aromatic rings. The molecule has 0 aliphatic heterocycles. The van der Waals surface area contributed by atoms with Gasteiger partial charge < -0.3 is 9.88 Å². The Morgan fingerprint density at radius 1 is 1.12 bits per heavy atom. The molecule has 1 amide bonds. The number of thioether (sulfide) groups is 1. The highest BCUT2D eigenvalue weighted by Crippen LogP contribution is 2.24. The lowest BCUT2D eigenvalue weighted by Gasteiger charge is -2.07. The van der Waals surface area contributed by atoms with Crippen molar-refractivity contribution >= 4 is 23.4 Å².